The number of carbonyl (C=O) groups is 2. The normalized spacial score (nSPS) is 44.1. The van der Waals surface area contributed by atoms with Crippen molar-refractivity contribution in [2.75, 3.05) is 0 Å². The number of hydrogen-bond acceptors (Lipinski definition) is 4. The molecule has 0 amide bonds. The molecule has 5 saturated carbocycles. The number of non-ortho nitro benzene ring substituents is 1. The lowest BCUT2D eigenvalue weighted by molar-refractivity contribution is -0.384. The van der Waals surface area contributed by atoms with Crippen LogP contribution >= 0.6 is 0 Å². The summed E-state index contributed by atoms with van der Waals surface area (Å²) in [6.07, 6.45) is 10.1. The second-order valence-electron chi connectivity index (χ2n) is 16.4. The quantitative estimate of drug-likeness (QED) is 0.164. The average Bonchev–Trinajstić information content (AvgIpc) is 3.34. The molecular formula is C37H49NO5. The number of hydrogen-bond donors (Lipinski definition) is 1. The topological polar surface area (TPSA) is 97.5 Å². The van der Waals surface area contributed by atoms with Crippen molar-refractivity contribution in [2.45, 2.75) is 99.3 Å². The molecule has 0 saturated heterocycles. The fraction of sp³-hybridized carbons (Fsp3) is 0.676. The van der Waals surface area contributed by atoms with Gasteiger partial charge in [0.2, 0.25) is 0 Å². The first-order chi connectivity index (χ1) is 20.0. The number of nitro groups is 1. The summed E-state index contributed by atoms with van der Waals surface area (Å²) in [5.74, 6) is 0.980. The fourth-order valence-corrected chi connectivity index (χ4v) is 12.4. The summed E-state index contributed by atoms with van der Waals surface area (Å²) in [7, 11) is 0. The molecule has 0 unspecified atom stereocenters. The lowest BCUT2D eigenvalue weighted by atomic mass is 9.32. The number of benzene rings is 1. The molecule has 1 aromatic carbocycles. The number of aliphatic carboxylic acids is 1. The van der Waals surface area contributed by atoms with Gasteiger partial charge in [-0.2, -0.15) is 0 Å². The summed E-state index contributed by atoms with van der Waals surface area (Å²) in [6, 6.07) is 6.59. The van der Waals surface area contributed by atoms with Crippen molar-refractivity contribution in [2.24, 2.45) is 56.7 Å². The Morgan fingerprint density at radius 2 is 1.72 bits per heavy atom. The molecule has 1 N–H and O–H groups in total. The van der Waals surface area contributed by atoms with Crippen LogP contribution in [0.15, 0.2) is 42.0 Å². The predicted molar refractivity (Wildman–Crippen MR) is 168 cm³/mol. The van der Waals surface area contributed by atoms with Gasteiger partial charge >= 0.3 is 5.97 Å². The first-order valence-electron chi connectivity index (χ1n) is 16.4. The number of rotatable bonds is 4. The summed E-state index contributed by atoms with van der Waals surface area (Å²) in [6.45, 7) is 18.1. The Morgan fingerprint density at radius 3 is 2.37 bits per heavy atom. The Kier molecular flexibility index (Phi) is 6.77. The highest BCUT2D eigenvalue weighted by atomic mass is 16.6. The van der Waals surface area contributed by atoms with Gasteiger partial charge in [-0.3, -0.25) is 19.7 Å². The van der Waals surface area contributed by atoms with Crippen molar-refractivity contribution < 1.29 is 19.6 Å². The molecule has 5 aliphatic carbocycles. The summed E-state index contributed by atoms with van der Waals surface area (Å²) in [5.41, 5.74) is 1.45. The molecule has 232 valence electrons. The van der Waals surface area contributed by atoms with E-state index in [0.29, 0.717) is 23.8 Å². The highest BCUT2D eigenvalue weighted by Gasteiger charge is 2.72. The number of carboxylic acid groups (broad SMARTS) is 1. The van der Waals surface area contributed by atoms with E-state index in [0.717, 1.165) is 62.5 Å². The van der Waals surface area contributed by atoms with Crippen LogP contribution in [0.4, 0.5) is 5.69 Å². The van der Waals surface area contributed by atoms with Crippen LogP contribution in [-0.4, -0.2) is 21.8 Å². The largest absolute Gasteiger partial charge is 0.481 e. The van der Waals surface area contributed by atoms with Gasteiger partial charge < -0.3 is 5.11 Å². The molecule has 0 bridgehead atoms. The maximum absolute atomic E-state index is 14.1. The number of fused-ring (bicyclic) bond motifs is 7. The number of nitro benzene ring substituents is 1. The second kappa shape index (κ2) is 9.62. The standard InChI is InChI=1S/C37H49NO5/c1-22(2)26-13-16-37(32(40)41)18-17-35(6)27(30(26)37)11-12-29-34(5)21-24(19-23-9-8-10-25(20-23)38(42)43)31(39)33(3,4)28(34)14-15-36(29,35)7/h8-10,19-20,26-30H,1,11-18,21H2,2-7H3,(H,40,41)/b24-19-/t26-,27+,28+,29+,30-,34-,35+,36+,37-/m0/s1. The first-order valence-corrected chi connectivity index (χ1v) is 16.4. The van der Waals surface area contributed by atoms with E-state index >= 15 is 0 Å². The molecule has 0 aromatic heterocycles. The smallest absolute Gasteiger partial charge is 0.309 e. The van der Waals surface area contributed by atoms with Crippen LogP contribution in [0.2, 0.25) is 0 Å². The van der Waals surface area contributed by atoms with Crippen LogP contribution in [0.1, 0.15) is 105 Å². The zero-order valence-corrected chi connectivity index (χ0v) is 26.9. The molecule has 0 aliphatic heterocycles. The monoisotopic (exact) mass is 587 g/mol. The van der Waals surface area contributed by atoms with Crippen molar-refractivity contribution in [3.05, 3.63) is 57.7 Å². The minimum absolute atomic E-state index is 0.0150. The van der Waals surface area contributed by atoms with Crippen LogP contribution in [0.25, 0.3) is 6.08 Å². The summed E-state index contributed by atoms with van der Waals surface area (Å²) >= 11 is 0. The van der Waals surface area contributed by atoms with E-state index in [2.05, 4.69) is 48.1 Å². The van der Waals surface area contributed by atoms with Crippen LogP contribution in [0.3, 0.4) is 0 Å². The lowest BCUT2D eigenvalue weighted by Gasteiger charge is -2.72. The molecule has 6 rings (SSSR count). The third-order valence-corrected chi connectivity index (χ3v) is 14.5. The van der Waals surface area contributed by atoms with Gasteiger partial charge in [0.1, 0.15) is 0 Å². The third kappa shape index (κ3) is 3.96. The molecule has 43 heavy (non-hydrogen) atoms. The van der Waals surface area contributed by atoms with Crippen molar-refractivity contribution in [3.8, 4) is 0 Å². The Bertz CT molecular complexity index is 1440. The summed E-state index contributed by atoms with van der Waals surface area (Å²) < 4.78 is 0. The molecule has 6 heteroatoms. The highest BCUT2D eigenvalue weighted by Crippen LogP contribution is 2.77. The van der Waals surface area contributed by atoms with E-state index < -0.39 is 16.8 Å². The van der Waals surface area contributed by atoms with Crippen LogP contribution < -0.4 is 0 Å². The van der Waals surface area contributed by atoms with E-state index in [9.17, 15) is 24.8 Å². The van der Waals surface area contributed by atoms with Gasteiger partial charge in [0.15, 0.2) is 5.78 Å². The average molecular weight is 588 g/mol. The van der Waals surface area contributed by atoms with Gasteiger partial charge in [-0.25, -0.2) is 0 Å². The maximum Gasteiger partial charge on any atom is 0.309 e. The van der Waals surface area contributed by atoms with Gasteiger partial charge in [-0.05, 0) is 128 Å². The first kappa shape index (κ1) is 30.3. The van der Waals surface area contributed by atoms with Crippen molar-refractivity contribution in [1.82, 2.24) is 0 Å². The van der Waals surface area contributed by atoms with E-state index in [4.69, 9.17) is 0 Å². The number of allylic oxidation sites excluding steroid dienone is 2. The van der Waals surface area contributed by atoms with E-state index in [-0.39, 0.29) is 50.4 Å². The Hall–Kier alpha value is -2.76. The Morgan fingerprint density at radius 1 is 1.00 bits per heavy atom. The van der Waals surface area contributed by atoms with Gasteiger partial charge in [0.25, 0.3) is 5.69 Å². The molecule has 0 heterocycles. The molecule has 9 atom stereocenters. The maximum atomic E-state index is 14.1. The predicted octanol–water partition coefficient (Wildman–Crippen LogP) is 8.90. The van der Waals surface area contributed by atoms with Crippen molar-refractivity contribution in [3.63, 3.8) is 0 Å². The number of carbonyl (C=O) groups excluding carboxylic acids is 1. The summed E-state index contributed by atoms with van der Waals surface area (Å²) in [4.78, 5) is 38.1. The Labute approximate surface area is 256 Å². The molecule has 6 nitrogen and oxygen atoms in total. The number of nitrogens with zero attached hydrogens (tertiary/aromatic N) is 1. The van der Waals surface area contributed by atoms with Crippen LogP contribution in [-0.2, 0) is 9.59 Å². The zero-order chi connectivity index (χ0) is 31.3. The molecule has 0 spiro atoms. The second-order valence-corrected chi connectivity index (χ2v) is 16.4. The van der Waals surface area contributed by atoms with E-state index in [1.54, 1.807) is 12.1 Å². The van der Waals surface area contributed by atoms with E-state index in [1.807, 2.05) is 12.1 Å². The minimum Gasteiger partial charge on any atom is -0.481 e. The van der Waals surface area contributed by atoms with Crippen LogP contribution in [0, 0.1) is 66.8 Å². The third-order valence-electron chi connectivity index (χ3n) is 14.5. The highest BCUT2D eigenvalue weighted by molar-refractivity contribution is 6.04. The van der Waals surface area contributed by atoms with Crippen molar-refractivity contribution >= 4 is 23.5 Å². The lowest BCUT2D eigenvalue weighted by Crippen LogP contribution is -2.67. The minimum atomic E-state index is -0.633. The molecule has 0 radical (unpaired) electrons. The van der Waals surface area contributed by atoms with Crippen molar-refractivity contribution in [1.29, 1.82) is 0 Å². The molecule has 5 aliphatic rings. The van der Waals surface area contributed by atoms with E-state index in [1.165, 1.54) is 6.07 Å². The van der Waals surface area contributed by atoms with Gasteiger partial charge in [-0.15, -0.1) is 0 Å². The number of carboxylic acids is 1. The fourth-order valence-electron chi connectivity index (χ4n) is 12.4. The summed E-state index contributed by atoms with van der Waals surface area (Å²) in [5, 5.41) is 22.1. The molecule has 1 aromatic rings. The number of ketones is 1. The SMILES string of the molecule is C=C(C)[C@@H]1CC[C@]2(C(=O)O)CC[C@]3(C)[C@H](CC[C@@H]4[C@@]5(C)C/C(=C/c6cccc([N+](=O)[O-])c6)C(=O)C(C)(C)[C@H]5CC[C@]43C)[C@H]12. The molecular weight excluding hydrogens is 538 g/mol. The van der Waals surface area contributed by atoms with Gasteiger partial charge in [-0.1, -0.05) is 58.9 Å². The van der Waals surface area contributed by atoms with Crippen LogP contribution in [0.5, 0.6) is 0 Å². The zero-order valence-electron chi connectivity index (χ0n) is 26.9. The van der Waals surface area contributed by atoms with Gasteiger partial charge in [0.05, 0.1) is 10.3 Å². The number of Topliss-reactive ketones (excluding diaryl/α,β-unsaturated/α-hetero) is 1. The van der Waals surface area contributed by atoms with Gasteiger partial charge in [0, 0.05) is 17.5 Å². The Balaban J connectivity index is 1.41. The molecule has 5 fully saturated rings.